The molecule has 0 aliphatic rings. The van der Waals surface area contributed by atoms with E-state index in [-0.39, 0.29) is 5.41 Å². The van der Waals surface area contributed by atoms with Crippen molar-refractivity contribution in [3.63, 3.8) is 0 Å². The van der Waals surface area contributed by atoms with Gasteiger partial charge in [-0.25, -0.2) is 0 Å². The van der Waals surface area contributed by atoms with Gasteiger partial charge >= 0.3 is 0 Å². The number of nitrogens with one attached hydrogen (secondary N) is 1. The average molecular weight is 417 g/mol. The summed E-state index contributed by atoms with van der Waals surface area (Å²) in [4.78, 5) is 0. The van der Waals surface area contributed by atoms with Gasteiger partial charge in [0.25, 0.3) is 0 Å². The normalized spacial score (nSPS) is 12.5. The van der Waals surface area contributed by atoms with Crippen LogP contribution in [0.25, 0.3) is 11.3 Å². The van der Waals surface area contributed by atoms with E-state index in [4.69, 9.17) is 10.5 Å². The quantitative estimate of drug-likeness (QED) is 0.377. The maximum absolute atomic E-state index is 6.18. The van der Waals surface area contributed by atoms with E-state index in [1.165, 1.54) is 5.56 Å². The van der Waals surface area contributed by atoms with Crippen LogP contribution in [0.15, 0.2) is 73.0 Å². The molecule has 0 heterocycles. The van der Waals surface area contributed by atoms with E-state index in [1.54, 1.807) is 7.11 Å². The Kier molecular flexibility index (Phi) is 7.56. The zero-order valence-electron chi connectivity index (χ0n) is 20.0. The van der Waals surface area contributed by atoms with E-state index < -0.39 is 0 Å². The van der Waals surface area contributed by atoms with Crippen LogP contribution in [0.3, 0.4) is 0 Å². The molecular formula is C28H36N2O. The zero-order chi connectivity index (χ0) is 23.3. The lowest BCUT2D eigenvalue weighted by atomic mass is 9.85. The van der Waals surface area contributed by atoms with Gasteiger partial charge in [-0.15, -0.1) is 0 Å². The summed E-state index contributed by atoms with van der Waals surface area (Å²) in [6.45, 7) is 21.1. The molecule has 0 atom stereocenters. The third-order valence-corrected chi connectivity index (χ3v) is 5.26. The predicted octanol–water partition coefficient (Wildman–Crippen LogP) is 7.01. The molecule has 31 heavy (non-hydrogen) atoms. The van der Waals surface area contributed by atoms with E-state index in [0.29, 0.717) is 0 Å². The number of nitrogen functional groups attached to an aromatic ring is 1. The molecule has 0 bridgehead atoms. The molecule has 0 spiro atoms. The van der Waals surface area contributed by atoms with Crippen LogP contribution < -0.4 is 15.8 Å². The number of nitrogens with two attached hydrogens (primary N) is 1. The van der Waals surface area contributed by atoms with E-state index in [1.807, 2.05) is 44.2 Å². The van der Waals surface area contributed by atoms with Gasteiger partial charge in [-0.2, -0.15) is 0 Å². The summed E-state index contributed by atoms with van der Waals surface area (Å²) in [5.74, 6) is 0.844. The molecule has 2 aromatic rings. The van der Waals surface area contributed by atoms with Crippen molar-refractivity contribution in [1.29, 1.82) is 0 Å². The Labute approximate surface area is 188 Å². The van der Waals surface area contributed by atoms with Crippen molar-refractivity contribution < 1.29 is 4.74 Å². The first-order valence-electron chi connectivity index (χ1n) is 10.5. The van der Waals surface area contributed by atoms with Gasteiger partial charge in [0.2, 0.25) is 0 Å². The minimum absolute atomic E-state index is 0.00670. The standard InChI is InChI=1S/C28H36N2O/c1-10-24(17-27(18(2)3)26-12-11-25(31-9)13-19(26)4)30-20(5)21-14-22(28(6,7)8)16-23(29)15-21/h10-17,30H,2,5,29H2,1,3-4,6-9H3/b24-10+,27-17+. The van der Waals surface area contributed by atoms with Crippen molar-refractivity contribution in [3.05, 3.63) is 95.2 Å². The van der Waals surface area contributed by atoms with Gasteiger partial charge in [0.15, 0.2) is 0 Å². The Morgan fingerprint density at radius 3 is 2.29 bits per heavy atom. The number of allylic oxidation sites excluding steroid dienone is 4. The first kappa shape index (κ1) is 24.1. The molecule has 0 saturated carbocycles. The summed E-state index contributed by atoms with van der Waals surface area (Å²) in [7, 11) is 1.68. The lowest BCUT2D eigenvalue weighted by molar-refractivity contribution is 0.414. The third-order valence-electron chi connectivity index (χ3n) is 5.26. The molecule has 0 amide bonds. The van der Waals surface area contributed by atoms with Gasteiger partial charge in [0, 0.05) is 17.1 Å². The molecule has 3 heteroatoms. The highest BCUT2D eigenvalue weighted by Gasteiger charge is 2.16. The van der Waals surface area contributed by atoms with Gasteiger partial charge in [0.1, 0.15) is 5.75 Å². The minimum atomic E-state index is 0.00670. The van der Waals surface area contributed by atoms with E-state index in [9.17, 15) is 0 Å². The first-order valence-corrected chi connectivity index (χ1v) is 10.5. The minimum Gasteiger partial charge on any atom is -0.497 e. The zero-order valence-corrected chi connectivity index (χ0v) is 20.0. The van der Waals surface area contributed by atoms with Crippen LogP contribution in [0, 0.1) is 6.92 Å². The maximum Gasteiger partial charge on any atom is 0.119 e. The second kappa shape index (κ2) is 9.74. The van der Waals surface area contributed by atoms with Gasteiger partial charge < -0.3 is 15.8 Å². The molecule has 0 aliphatic carbocycles. The van der Waals surface area contributed by atoms with Crippen LogP contribution in [-0.4, -0.2) is 7.11 Å². The topological polar surface area (TPSA) is 47.3 Å². The molecule has 0 radical (unpaired) electrons. The largest absolute Gasteiger partial charge is 0.497 e. The highest BCUT2D eigenvalue weighted by molar-refractivity contribution is 5.82. The number of hydrogen-bond donors (Lipinski definition) is 2. The van der Waals surface area contributed by atoms with Crippen LogP contribution in [-0.2, 0) is 5.41 Å². The lowest BCUT2D eigenvalue weighted by Crippen LogP contribution is -2.14. The summed E-state index contributed by atoms with van der Waals surface area (Å²) in [5, 5.41) is 3.45. The molecule has 0 fully saturated rings. The molecule has 0 aliphatic heterocycles. The highest BCUT2D eigenvalue weighted by Crippen LogP contribution is 2.30. The molecule has 2 aromatic carbocycles. The number of ether oxygens (including phenoxy) is 1. The van der Waals surface area contributed by atoms with Crippen LogP contribution in [0.5, 0.6) is 5.75 Å². The van der Waals surface area contributed by atoms with Gasteiger partial charge in [-0.05, 0) is 90.4 Å². The Morgan fingerprint density at radius 1 is 1.10 bits per heavy atom. The van der Waals surface area contributed by atoms with Gasteiger partial charge in [-0.1, -0.05) is 51.6 Å². The summed E-state index contributed by atoms with van der Waals surface area (Å²) in [6.07, 6.45) is 4.14. The number of benzene rings is 2. The number of anilines is 1. The number of methoxy groups -OCH3 is 1. The fourth-order valence-corrected chi connectivity index (χ4v) is 3.35. The average Bonchev–Trinajstić information content (AvgIpc) is 2.69. The van der Waals surface area contributed by atoms with Crippen LogP contribution in [0.1, 0.15) is 56.9 Å². The van der Waals surface area contributed by atoms with Crippen LogP contribution in [0.4, 0.5) is 5.69 Å². The molecule has 0 aromatic heterocycles. The fourth-order valence-electron chi connectivity index (χ4n) is 3.35. The Balaban J connectivity index is 2.39. The fraction of sp³-hybridized carbons (Fsp3) is 0.286. The molecule has 0 saturated heterocycles. The molecule has 2 rings (SSSR count). The number of aryl methyl sites for hydroxylation is 1. The maximum atomic E-state index is 6.18. The summed E-state index contributed by atoms with van der Waals surface area (Å²) in [5.41, 5.74) is 15.1. The Hall–Kier alpha value is -3.20. The number of rotatable bonds is 7. The second-order valence-electron chi connectivity index (χ2n) is 8.96. The van der Waals surface area contributed by atoms with E-state index >= 15 is 0 Å². The Bertz CT molecular complexity index is 1050. The van der Waals surface area contributed by atoms with Crippen molar-refractivity contribution in [3.8, 4) is 5.75 Å². The predicted molar refractivity (Wildman–Crippen MR) is 136 cm³/mol. The molecule has 164 valence electrons. The number of hydrogen-bond acceptors (Lipinski definition) is 3. The smallest absolute Gasteiger partial charge is 0.119 e. The van der Waals surface area contributed by atoms with E-state index in [0.717, 1.165) is 50.7 Å². The molecule has 3 N–H and O–H groups in total. The molecule has 3 nitrogen and oxygen atoms in total. The molecule has 0 unspecified atom stereocenters. The van der Waals surface area contributed by atoms with Crippen molar-refractivity contribution in [2.45, 2.75) is 47.0 Å². The van der Waals surface area contributed by atoms with Crippen molar-refractivity contribution in [2.24, 2.45) is 0 Å². The van der Waals surface area contributed by atoms with Crippen molar-refractivity contribution in [1.82, 2.24) is 5.32 Å². The van der Waals surface area contributed by atoms with Gasteiger partial charge in [-0.3, -0.25) is 0 Å². The van der Waals surface area contributed by atoms with Gasteiger partial charge in [0.05, 0.1) is 7.11 Å². The Morgan fingerprint density at radius 2 is 1.77 bits per heavy atom. The monoisotopic (exact) mass is 416 g/mol. The first-order chi connectivity index (χ1) is 14.5. The van der Waals surface area contributed by atoms with Crippen molar-refractivity contribution in [2.75, 3.05) is 12.8 Å². The van der Waals surface area contributed by atoms with E-state index in [2.05, 4.69) is 64.4 Å². The second-order valence-corrected chi connectivity index (χ2v) is 8.96. The SMILES string of the molecule is C=C(C)/C(=C\C(=C/C)NC(=C)c1cc(N)cc(C(C)(C)C)c1)c1ccc(OC)cc1C. The van der Waals surface area contributed by atoms with Crippen LogP contribution >= 0.6 is 0 Å². The van der Waals surface area contributed by atoms with Crippen LogP contribution in [0.2, 0.25) is 0 Å². The molecular weight excluding hydrogens is 380 g/mol. The third kappa shape index (κ3) is 6.14. The summed E-state index contributed by atoms with van der Waals surface area (Å²) in [6, 6.07) is 12.2. The summed E-state index contributed by atoms with van der Waals surface area (Å²) < 4.78 is 5.35. The van der Waals surface area contributed by atoms with Crippen molar-refractivity contribution >= 4 is 17.0 Å². The lowest BCUT2D eigenvalue weighted by Gasteiger charge is -2.22. The summed E-state index contributed by atoms with van der Waals surface area (Å²) >= 11 is 0. The highest BCUT2D eigenvalue weighted by atomic mass is 16.5.